The minimum absolute atomic E-state index is 0.262. The van der Waals surface area contributed by atoms with Crippen LogP contribution in [0.2, 0.25) is 0 Å². The first kappa shape index (κ1) is 19.9. The second-order valence-electron chi connectivity index (χ2n) is 7.39. The molecule has 7 atom stereocenters. The van der Waals surface area contributed by atoms with E-state index in [1.807, 2.05) is 36.4 Å². The van der Waals surface area contributed by atoms with E-state index in [2.05, 4.69) is 0 Å². The smallest absolute Gasteiger partial charge is 0.338 e. The predicted molar refractivity (Wildman–Crippen MR) is 105 cm³/mol. The Morgan fingerprint density at radius 3 is 2.37 bits per heavy atom. The third-order valence-electron chi connectivity index (χ3n) is 5.62. The summed E-state index contributed by atoms with van der Waals surface area (Å²) >= 11 is 6.44. The maximum absolute atomic E-state index is 12.7. The highest BCUT2D eigenvalue weighted by molar-refractivity contribution is 6.22. The first-order chi connectivity index (χ1) is 14.6. The van der Waals surface area contributed by atoms with Crippen LogP contribution < -0.4 is 0 Å². The molecule has 30 heavy (non-hydrogen) atoms. The Balaban J connectivity index is 1.42. The summed E-state index contributed by atoms with van der Waals surface area (Å²) in [6.45, 7) is 0.262. The number of hydrogen-bond donors (Lipinski definition) is 0. The minimum Gasteiger partial charge on any atom is -0.450 e. The molecule has 0 aromatic heterocycles. The number of alkyl halides is 1. The normalized spacial score (nSPS) is 37.4. The second kappa shape index (κ2) is 7.92. The van der Waals surface area contributed by atoms with Crippen LogP contribution in [-0.4, -0.2) is 55.5 Å². The van der Waals surface area contributed by atoms with E-state index in [9.17, 15) is 4.79 Å². The lowest BCUT2D eigenvalue weighted by molar-refractivity contribution is -0.351. The van der Waals surface area contributed by atoms with Gasteiger partial charge in [0.05, 0.1) is 12.2 Å². The molecule has 7 nitrogen and oxygen atoms in total. The Morgan fingerprint density at radius 1 is 1.07 bits per heavy atom. The van der Waals surface area contributed by atoms with Crippen LogP contribution in [0.25, 0.3) is 0 Å². The van der Waals surface area contributed by atoms with E-state index >= 15 is 0 Å². The first-order valence-corrected chi connectivity index (χ1v) is 10.2. The number of rotatable bonds is 4. The van der Waals surface area contributed by atoms with Gasteiger partial charge < -0.3 is 28.4 Å². The summed E-state index contributed by atoms with van der Waals surface area (Å²) in [5, 5.41) is 0. The Morgan fingerprint density at radius 2 is 1.73 bits per heavy atom. The van der Waals surface area contributed by atoms with Gasteiger partial charge in [-0.2, -0.15) is 0 Å². The van der Waals surface area contributed by atoms with Crippen molar-refractivity contribution in [3.8, 4) is 0 Å². The van der Waals surface area contributed by atoms with E-state index in [4.69, 9.17) is 40.0 Å². The van der Waals surface area contributed by atoms with Gasteiger partial charge in [-0.15, -0.1) is 0 Å². The molecule has 2 aromatic rings. The number of epoxide rings is 1. The average Bonchev–Trinajstić information content (AvgIpc) is 3.47. The number of fused-ring (bicyclic) bond motifs is 2. The van der Waals surface area contributed by atoms with E-state index in [0.717, 1.165) is 5.56 Å². The van der Waals surface area contributed by atoms with Crippen molar-refractivity contribution in [2.45, 2.75) is 42.1 Å². The molecule has 0 bridgehead atoms. The van der Waals surface area contributed by atoms with E-state index in [1.165, 1.54) is 7.11 Å². The number of ether oxygens (including phenoxy) is 6. The molecule has 5 rings (SSSR count). The Bertz CT molecular complexity index is 895. The molecule has 1 spiro atoms. The van der Waals surface area contributed by atoms with Crippen LogP contribution >= 0.6 is 11.6 Å². The molecule has 3 fully saturated rings. The Hall–Kier alpha value is -2.00. The molecule has 3 heterocycles. The quantitative estimate of drug-likeness (QED) is 0.417. The van der Waals surface area contributed by atoms with Crippen molar-refractivity contribution in [2.24, 2.45) is 0 Å². The molecule has 0 N–H and O–H groups in total. The Labute approximate surface area is 178 Å². The molecule has 0 saturated carbocycles. The Kier molecular flexibility index (Phi) is 5.26. The van der Waals surface area contributed by atoms with Crippen LogP contribution in [0.4, 0.5) is 0 Å². The van der Waals surface area contributed by atoms with Gasteiger partial charge in [-0.1, -0.05) is 60.1 Å². The zero-order valence-corrected chi connectivity index (χ0v) is 16.9. The van der Waals surface area contributed by atoms with E-state index in [-0.39, 0.29) is 6.61 Å². The summed E-state index contributed by atoms with van der Waals surface area (Å²) in [6, 6.07) is 18.3. The molecule has 3 aliphatic rings. The molecule has 3 saturated heterocycles. The van der Waals surface area contributed by atoms with Crippen molar-refractivity contribution >= 4 is 17.6 Å². The van der Waals surface area contributed by atoms with E-state index in [0.29, 0.717) is 5.56 Å². The van der Waals surface area contributed by atoms with Crippen LogP contribution in [0.3, 0.4) is 0 Å². The highest BCUT2D eigenvalue weighted by Crippen LogP contribution is 2.55. The number of esters is 1. The lowest BCUT2D eigenvalue weighted by Gasteiger charge is -2.47. The second-order valence-corrected chi connectivity index (χ2v) is 7.79. The fourth-order valence-corrected chi connectivity index (χ4v) is 4.47. The van der Waals surface area contributed by atoms with Gasteiger partial charge in [0.1, 0.15) is 12.2 Å². The number of carbonyl (C=O) groups is 1. The molecule has 2 unspecified atom stereocenters. The zero-order valence-electron chi connectivity index (χ0n) is 16.2. The fraction of sp³-hybridized carbons (Fsp3) is 0.409. The number of benzene rings is 2. The highest BCUT2D eigenvalue weighted by atomic mass is 35.5. The molecular formula is C22H21ClO7. The number of halogens is 1. The molecule has 3 aliphatic heterocycles. The van der Waals surface area contributed by atoms with Crippen LogP contribution in [0, 0.1) is 0 Å². The summed E-state index contributed by atoms with van der Waals surface area (Å²) in [5.41, 5.74) is -0.530. The van der Waals surface area contributed by atoms with Crippen molar-refractivity contribution in [2.75, 3.05) is 13.7 Å². The highest BCUT2D eigenvalue weighted by Gasteiger charge is 2.75. The van der Waals surface area contributed by atoms with Gasteiger partial charge in [0.25, 0.3) is 0 Å². The maximum atomic E-state index is 12.7. The van der Waals surface area contributed by atoms with Crippen LogP contribution in [-0.2, 0) is 28.4 Å². The summed E-state index contributed by atoms with van der Waals surface area (Å²) in [6.07, 6.45) is -3.47. The molecule has 0 amide bonds. The van der Waals surface area contributed by atoms with Gasteiger partial charge in [0.15, 0.2) is 29.8 Å². The third kappa shape index (κ3) is 3.32. The van der Waals surface area contributed by atoms with Crippen molar-refractivity contribution in [3.05, 3.63) is 71.8 Å². The monoisotopic (exact) mass is 432 g/mol. The standard InChI is InChI=1S/C22H21ClO7/c1-25-20-17(28-18(24)13-8-4-2-5-9-13)22(21(23)30-22)16-15(27-20)12-26-19(29-16)14-10-6-3-7-11-14/h2-11,15-17,19-21H,12H2,1H3/t15-,16-,17+,19?,20+,21?,22-/m1/s1. The first-order valence-electron chi connectivity index (χ1n) is 9.71. The van der Waals surface area contributed by atoms with Gasteiger partial charge in [-0.3, -0.25) is 0 Å². The fourth-order valence-electron chi connectivity index (χ4n) is 4.06. The van der Waals surface area contributed by atoms with Crippen LogP contribution in [0.5, 0.6) is 0 Å². The van der Waals surface area contributed by atoms with Crippen molar-refractivity contribution in [1.82, 2.24) is 0 Å². The van der Waals surface area contributed by atoms with Gasteiger partial charge in [-0.25, -0.2) is 4.79 Å². The van der Waals surface area contributed by atoms with Crippen LogP contribution in [0.1, 0.15) is 22.2 Å². The molecule has 0 radical (unpaired) electrons. The molecule has 2 aromatic carbocycles. The number of methoxy groups -OCH3 is 1. The van der Waals surface area contributed by atoms with Crippen molar-refractivity contribution in [3.63, 3.8) is 0 Å². The maximum Gasteiger partial charge on any atom is 0.338 e. The lowest BCUT2D eigenvalue weighted by atomic mass is 9.88. The molecule has 0 aliphatic carbocycles. The SMILES string of the molecule is CO[C@H]1O[C@@H]2COC(c3ccccc3)O[C@H]2[C@@]2(OC2Cl)[C@H]1OC(=O)c1ccccc1. The summed E-state index contributed by atoms with van der Waals surface area (Å²) in [4.78, 5) is 12.7. The van der Waals surface area contributed by atoms with Crippen molar-refractivity contribution < 1.29 is 33.2 Å². The zero-order chi connectivity index (χ0) is 20.7. The summed E-state index contributed by atoms with van der Waals surface area (Å²) in [5.74, 6) is -0.518. The molecular weight excluding hydrogens is 412 g/mol. The number of hydrogen-bond acceptors (Lipinski definition) is 7. The minimum atomic E-state index is -1.09. The molecule has 8 heteroatoms. The predicted octanol–water partition coefficient (Wildman–Crippen LogP) is 3.03. The third-order valence-corrected chi connectivity index (χ3v) is 6.05. The topological polar surface area (TPSA) is 75.8 Å². The summed E-state index contributed by atoms with van der Waals surface area (Å²) in [7, 11) is 1.48. The summed E-state index contributed by atoms with van der Waals surface area (Å²) < 4.78 is 35.2. The van der Waals surface area contributed by atoms with Gasteiger partial charge >= 0.3 is 5.97 Å². The lowest BCUT2D eigenvalue weighted by Crippen LogP contribution is -2.65. The van der Waals surface area contributed by atoms with Gasteiger partial charge in [0, 0.05) is 12.7 Å². The van der Waals surface area contributed by atoms with Gasteiger partial charge in [-0.05, 0) is 12.1 Å². The average molecular weight is 433 g/mol. The van der Waals surface area contributed by atoms with E-state index < -0.39 is 48.0 Å². The largest absolute Gasteiger partial charge is 0.450 e. The molecule has 158 valence electrons. The van der Waals surface area contributed by atoms with Crippen LogP contribution in [0.15, 0.2) is 60.7 Å². The van der Waals surface area contributed by atoms with Crippen molar-refractivity contribution in [1.29, 1.82) is 0 Å². The number of carbonyl (C=O) groups excluding carboxylic acids is 1. The van der Waals surface area contributed by atoms with E-state index in [1.54, 1.807) is 24.3 Å². The van der Waals surface area contributed by atoms with Gasteiger partial charge in [0.2, 0.25) is 0 Å².